The fourth-order valence-corrected chi connectivity index (χ4v) is 3.19. The molecule has 0 bridgehead atoms. The quantitative estimate of drug-likeness (QED) is 0.846. The lowest BCUT2D eigenvalue weighted by molar-refractivity contribution is -0.143. The molecule has 3 heteroatoms. The highest BCUT2D eigenvalue weighted by Crippen LogP contribution is 2.34. The number of rotatable bonds is 3. The summed E-state index contributed by atoms with van der Waals surface area (Å²) in [5.41, 5.74) is 0.797. The van der Waals surface area contributed by atoms with Crippen molar-refractivity contribution in [2.75, 3.05) is 6.54 Å². The van der Waals surface area contributed by atoms with Crippen molar-refractivity contribution in [3.63, 3.8) is 0 Å². The molecule has 20 heavy (non-hydrogen) atoms. The largest absolute Gasteiger partial charge is 0.364 e. The molecule has 1 fully saturated rings. The Balaban J connectivity index is 1.76. The van der Waals surface area contributed by atoms with Crippen LogP contribution in [0.1, 0.15) is 31.7 Å². The Morgan fingerprint density at radius 2 is 2.10 bits per heavy atom. The van der Waals surface area contributed by atoms with E-state index in [1.165, 1.54) is 12.0 Å². The normalized spacial score (nSPS) is 29.4. The number of hydrogen-bond donors (Lipinski definition) is 0. The minimum Gasteiger partial charge on any atom is -0.364 e. The molecule has 1 amide bonds. The first-order chi connectivity index (χ1) is 9.69. The standard InChI is InChI=1S/C17H21NO2/c1-17(20-13-14-7-3-2-4-8-14)11-10-16(19)18-12-6-5-9-15(17)18/h2-4,7-8,10-11,15H,5-6,9,12-13H2,1H3/t15-,17-/m0/s1. The molecule has 1 saturated heterocycles. The number of carbonyl (C=O) groups excluding carboxylic acids is 1. The predicted molar refractivity (Wildman–Crippen MR) is 78.1 cm³/mol. The summed E-state index contributed by atoms with van der Waals surface area (Å²) in [7, 11) is 0. The zero-order valence-electron chi connectivity index (χ0n) is 11.9. The zero-order chi connectivity index (χ0) is 14.0. The van der Waals surface area contributed by atoms with E-state index in [1.54, 1.807) is 6.08 Å². The van der Waals surface area contributed by atoms with E-state index in [0.717, 1.165) is 19.4 Å². The first-order valence-corrected chi connectivity index (χ1v) is 7.37. The van der Waals surface area contributed by atoms with Gasteiger partial charge in [0, 0.05) is 12.6 Å². The number of hydrogen-bond acceptors (Lipinski definition) is 2. The minimum absolute atomic E-state index is 0.135. The van der Waals surface area contributed by atoms with E-state index in [-0.39, 0.29) is 17.6 Å². The number of amides is 1. The molecule has 0 spiro atoms. The Kier molecular flexibility index (Phi) is 3.62. The van der Waals surface area contributed by atoms with Crippen LogP contribution in [0.5, 0.6) is 0 Å². The third-order valence-corrected chi connectivity index (χ3v) is 4.40. The van der Waals surface area contributed by atoms with Gasteiger partial charge in [0.05, 0.1) is 12.6 Å². The lowest BCUT2D eigenvalue weighted by atomic mass is 9.84. The van der Waals surface area contributed by atoms with Gasteiger partial charge in [0.15, 0.2) is 0 Å². The van der Waals surface area contributed by atoms with Crippen molar-refractivity contribution in [3.05, 3.63) is 48.0 Å². The molecule has 0 N–H and O–H groups in total. The van der Waals surface area contributed by atoms with Crippen LogP contribution in [0.3, 0.4) is 0 Å². The average Bonchev–Trinajstić information content (AvgIpc) is 2.51. The van der Waals surface area contributed by atoms with E-state index in [2.05, 4.69) is 19.1 Å². The van der Waals surface area contributed by atoms with Crippen LogP contribution >= 0.6 is 0 Å². The second-order valence-electron chi connectivity index (χ2n) is 5.83. The van der Waals surface area contributed by atoms with Gasteiger partial charge in [0.25, 0.3) is 0 Å². The van der Waals surface area contributed by atoms with Gasteiger partial charge in [-0.15, -0.1) is 0 Å². The number of carbonyl (C=O) groups is 1. The number of fused-ring (bicyclic) bond motifs is 1. The minimum atomic E-state index is -0.371. The molecule has 0 radical (unpaired) electrons. The Morgan fingerprint density at radius 1 is 1.30 bits per heavy atom. The smallest absolute Gasteiger partial charge is 0.246 e. The van der Waals surface area contributed by atoms with E-state index in [0.29, 0.717) is 6.61 Å². The van der Waals surface area contributed by atoms with Gasteiger partial charge in [0.2, 0.25) is 5.91 Å². The average molecular weight is 271 g/mol. The Labute approximate surface area is 120 Å². The van der Waals surface area contributed by atoms with Crippen molar-refractivity contribution < 1.29 is 9.53 Å². The molecule has 0 saturated carbocycles. The topological polar surface area (TPSA) is 29.5 Å². The maximum Gasteiger partial charge on any atom is 0.246 e. The molecule has 1 aromatic carbocycles. The fourth-order valence-electron chi connectivity index (χ4n) is 3.19. The first-order valence-electron chi connectivity index (χ1n) is 7.37. The molecule has 0 unspecified atom stereocenters. The molecule has 3 nitrogen and oxygen atoms in total. The van der Waals surface area contributed by atoms with E-state index in [1.807, 2.05) is 29.2 Å². The van der Waals surface area contributed by atoms with Crippen LogP contribution in [0, 0.1) is 0 Å². The summed E-state index contributed by atoms with van der Waals surface area (Å²) in [5, 5.41) is 0. The van der Waals surface area contributed by atoms with Crippen LogP contribution in [-0.2, 0) is 16.1 Å². The van der Waals surface area contributed by atoms with Crippen LogP contribution in [-0.4, -0.2) is 29.0 Å². The lowest BCUT2D eigenvalue weighted by Gasteiger charge is -2.47. The summed E-state index contributed by atoms with van der Waals surface area (Å²) in [4.78, 5) is 14.0. The number of nitrogens with zero attached hydrogens (tertiary/aromatic N) is 1. The lowest BCUT2D eigenvalue weighted by Crippen LogP contribution is -2.57. The van der Waals surface area contributed by atoms with Crippen molar-refractivity contribution >= 4 is 5.91 Å². The van der Waals surface area contributed by atoms with Crippen molar-refractivity contribution in [1.82, 2.24) is 4.90 Å². The molecule has 2 heterocycles. The van der Waals surface area contributed by atoms with Gasteiger partial charge >= 0.3 is 0 Å². The molecular weight excluding hydrogens is 250 g/mol. The van der Waals surface area contributed by atoms with Crippen LogP contribution < -0.4 is 0 Å². The van der Waals surface area contributed by atoms with Crippen LogP contribution in [0.2, 0.25) is 0 Å². The van der Waals surface area contributed by atoms with Gasteiger partial charge in [-0.25, -0.2) is 0 Å². The van der Waals surface area contributed by atoms with Gasteiger partial charge in [-0.3, -0.25) is 4.79 Å². The maximum absolute atomic E-state index is 12.0. The first kappa shape index (κ1) is 13.4. The molecule has 0 aliphatic carbocycles. The second kappa shape index (κ2) is 5.41. The summed E-state index contributed by atoms with van der Waals surface area (Å²) in [6, 6.07) is 10.4. The molecule has 0 aromatic heterocycles. The molecule has 2 atom stereocenters. The van der Waals surface area contributed by atoms with Crippen molar-refractivity contribution in [2.24, 2.45) is 0 Å². The molecular formula is C17H21NO2. The number of ether oxygens (including phenoxy) is 1. The third kappa shape index (κ3) is 2.50. The van der Waals surface area contributed by atoms with Gasteiger partial charge in [-0.05, 0) is 37.8 Å². The van der Waals surface area contributed by atoms with Crippen molar-refractivity contribution in [2.45, 2.75) is 44.4 Å². The van der Waals surface area contributed by atoms with Crippen molar-refractivity contribution in [3.8, 4) is 0 Å². The third-order valence-electron chi connectivity index (χ3n) is 4.40. The summed E-state index contributed by atoms with van der Waals surface area (Å²) in [6.07, 6.45) is 6.93. The van der Waals surface area contributed by atoms with Crippen LogP contribution in [0.25, 0.3) is 0 Å². The molecule has 2 aliphatic heterocycles. The van der Waals surface area contributed by atoms with Gasteiger partial charge in [0.1, 0.15) is 5.60 Å². The monoisotopic (exact) mass is 271 g/mol. The van der Waals surface area contributed by atoms with Crippen LogP contribution in [0.4, 0.5) is 0 Å². The number of piperidine rings is 1. The maximum atomic E-state index is 12.0. The highest BCUT2D eigenvalue weighted by Gasteiger charge is 2.42. The second-order valence-corrected chi connectivity index (χ2v) is 5.83. The van der Waals surface area contributed by atoms with E-state index in [4.69, 9.17) is 4.74 Å². The SMILES string of the molecule is C[C@]1(OCc2ccccc2)C=CC(=O)N2CCCC[C@H]21. The molecule has 106 valence electrons. The Hall–Kier alpha value is -1.61. The Bertz CT molecular complexity index is 511. The summed E-state index contributed by atoms with van der Waals surface area (Å²) in [6.45, 7) is 3.54. The van der Waals surface area contributed by atoms with Crippen LogP contribution in [0.15, 0.2) is 42.5 Å². The highest BCUT2D eigenvalue weighted by molar-refractivity contribution is 5.89. The zero-order valence-corrected chi connectivity index (χ0v) is 11.9. The van der Waals surface area contributed by atoms with Crippen molar-refractivity contribution in [1.29, 1.82) is 0 Å². The van der Waals surface area contributed by atoms with Gasteiger partial charge in [-0.1, -0.05) is 30.3 Å². The van der Waals surface area contributed by atoms with E-state index >= 15 is 0 Å². The van der Waals surface area contributed by atoms with E-state index < -0.39 is 0 Å². The molecule has 1 aromatic rings. The summed E-state index contributed by atoms with van der Waals surface area (Å²) >= 11 is 0. The van der Waals surface area contributed by atoms with E-state index in [9.17, 15) is 4.79 Å². The Morgan fingerprint density at radius 3 is 2.90 bits per heavy atom. The highest BCUT2D eigenvalue weighted by atomic mass is 16.5. The molecule has 2 aliphatic rings. The van der Waals surface area contributed by atoms with Gasteiger partial charge in [-0.2, -0.15) is 0 Å². The summed E-state index contributed by atoms with van der Waals surface area (Å²) in [5.74, 6) is 0.135. The fraction of sp³-hybridized carbons (Fsp3) is 0.471. The summed E-state index contributed by atoms with van der Waals surface area (Å²) < 4.78 is 6.19. The molecule has 3 rings (SSSR count). The predicted octanol–water partition coefficient (Wildman–Crippen LogP) is 2.91. The van der Waals surface area contributed by atoms with Gasteiger partial charge < -0.3 is 9.64 Å². The number of benzene rings is 1.